The summed E-state index contributed by atoms with van der Waals surface area (Å²) < 4.78 is 16.9. The third-order valence-electron chi connectivity index (χ3n) is 4.29. The van der Waals surface area contributed by atoms with Gasteiger partial charge in [-0.3, -0.25) is 4.79 Å². The highest BCUT2D eigenvalue weighted by Gasteiger charge is 2.24. The van der Waals surface area contributed by atoms with Gasteiger partial charge < -0.3 is 13.9 Å². The van der Waals surface area contributed by atoms with Crippen molar-refractivity contribution in [2.75, 3.05) is 13.2 Å². The largest absolute Gasteiger partial charge is 0.490 e. The zero-order valence-corrected chi connectivity index (χ0v) is 12.1. The molecule has 1 aliphatic heterocycles. The maximum absolute atomic E-state index is 12.6. The molecule has 4 nitrogen and oxygen atoms in total. The number of rotatable bonds is 4. The molecule has 0 spiro atoms. The molecule has 1 fully saturated rings. The molecule has 4 rings (SSSR count). The summed E-state index contributed by atoms with van der Waals surface area (Å²) in [6.07, 6.45) is 3.76. The van der Waals surface area contributed by atoms with Crippen molar-refractivity contribution in [2.24, 2.45) is 0 Å². The van der Waals surface area contributed by atoms with E-state index in [1.165, 1.54) is 0 Å². The minimum absolute atomic E-state index is 0.135. The monoisotopic (exact) mass is 286 g/mol. The Morgan fingerprint density at radius 3 is 2.95 bits per heavy atom. The third-order valence-corrected chi connectivity index (χ3v) is 4.29. The lowest BCUT2D eigenvalue weighted by molar-refractivity contribution is 0.261. The van der Waals surface area contributed by atoms with Crippen molar-refractivity contribution in [3.63, 3.8) is 0 Å². The highest BCUT2D eigenvalue weighted by molar-refractivity contribution is 5.80. The first kappa shape index (κ1) is 12.9. The molecule has 1 aromatic carbocycles. The van der Waals surface area contributed by atoms with E-state index >= 15 is 0 Å². The molecular weight excluding hydrogens is 268 g/mol. The fraction of sp³-hybridized carbons (Fsp3) is 0.471. The summed E-state index contributed by atoms with van der Waals surface area (Å²) in [4.78, 5) is 12.6. The lowest BCUT2D eigenvalue weighted by atomic mass is 10.1. The van der Waals surface area contributed by atoms with Crippen LogP contribution in [-0.2, 0) is 24.0 Å². The first-order valence-corrected chi connectivity index (χ1v) is 7.62. The summed E-state index contributed by atoms with van der Waals surface area (Å²) in [5.74, 6) is 1.66. The highest BCUT2D eigenvalue weighted by Crippen LogP contribution is 2.29. The molecule has 1 aliphatic carbocycles. The molecule has 1 saturated heterocycles. The Morgan fingerprint density at radius 1 is 1.33 bits per heavy atom. The van der Waals surface area contributed by atoms with Crippen LogP contribution in [0.4, 0.5) is 0 Å². The molecule has 0 bridgehead atoms. The molecule has 2 heterocycles. The van der Waals surface area contributed by atoms with E-state index in [9.17, 15) is 4.79 Å². The Balaban J connectivity index is 1.83. The van der Waals surface area contributed by atoms with Crippen LogP contribution in [0, 0.1) is 0 Å². The lowest BCUT2D eigenvalue weighted by Crippen LogP contribution is -2.10. The van der Waals surface area contributed by atoms with E-state index in [1.807, 2.05) is 12.1 Å². The van der Waals surface area contributed by atoms with Crippen molar-refractivity contribution >= 4 is 11.0 Å². The van der Waals surface area contributed by atoms with Crippen LogP contribution in [0.1, 0.15) is 30.2 Å². The summed E-state index contributed by atoms with van der Waals surface area (Å²) in [6, 6.07) is 3.80. The molecule has 1 unspecified atom stereocenters. The van der Waals surface area contributed by atoms with Gasteiger partial charge in [0.15, 0.2) is 5.43 Å². The number of ether oxygens (including phenoxy) is 2. The number of hydrogen-bond acceptors (Lipinski definition) is 4. The predicted octanol–water partition coefficient (Wildman–Crippen LogP) is 2.62. The molecule has 4 heteroatoms. The van der Waals surface area contributed by atoms with Crippen LogP contribution < -0.4 is 10.2 Å². The van der Waals surface area contributed by atoms with Crippen molar-refractivity contribution in [1.82, 2.24) is 0 Å². The second kappa shape index (κ2) is 4.88. The molecule has 0 amide bonds. The average Bonchev–Trinajstić information content (AvgIpc) is 3.21. The fourth-order valence-corrected chi connectivity index (χ4v) is 2.99. The minimum Gasteiger partial charge on any atom is -0.490 e. The molecular formula is C17H18O4. The standard InChI is InChI=1S/C17H18O4/c1-2-10-6-13-16(7-15(10)20-9-11-8-19-11)21-14-5-3-4-12(14)17(13)18/h6-7,11H,2-5,8-9H2,1H3. The molecule has 21 heavy (non-hydrogen) atoms. The second-order valence-electron chi connectivity index (χ2n) is 5.76. The van der Waals surface area contributed by atoms with Gasteiger partial charge >= 0.3 is 0 Å². The minimum atomic E-state index is 0.135. The van der Waals surface area contributed by atoms with Crippen molar-refractivity contribution in [1.29, 1.82) is 0 Å². The van der Waals surface area contributed by atoms with E-state index in [4.69, 9.17) is 13.9 Å². The molecule has 0 saturated carbocycles. The normalized spacial score (nSPS) is 19.8. The van der Waals surface area contributed by atoms with Gasteiger partial charge in [0.05, 0.1) is 12.0 Å². The van der Waals surface area contributed by atoms with Crippen LogP contribution in [0.5, 0.6) is 5.75 Å². The summed E-state index contributed by atoms with van der Waals surface area (Å²) in [5.41, 5.74) is 2.69. The van der Waals surface area contributed by atoms with Gasteiger partial charge in [-0.05, 0) is 30.9 Å². The van der Waals surface area contributed by atoms with Crippen molar-refractivity contribution in [3.05, 3.63) is 39.2 Å². The zero-order chi connectivity index (χ0) is 14.4. The van der Waals surface area contributed by atoms with E-state index in [0.717, 1.165) is 54.9 Å². The third kappa shape index (κ3) is 2.23. The molecule has 1 aromatic heterocycles. The van der Waals surface area contributed by atoms with E-state index in [-0.39, 0.29) is 11.5 Å². The Morgan fingerprint density at radius 2 is 2.19 bits per heavy atom. The zero-order valence-electron chi connectivity index (χ0n) is 12.1. The number of epoxide rings is 1. The van der Waals surface area contributed by atoms with E-state index in [0.29, 0.717) is 17.6 Å². The summed E-state index contributed by atoms with van der Waals surface area (Å²) in [6.45, 7) is 3.40. The number of benzene rings is 1. The first-order chi connectivity index (χ1) is 10.3. The number of aryl methyl sites for hydroxylation is 2. The highest BCUT2D eigenvalue weighted by atomic mass is 16.6. The fourth-order valence-electron chi connectivity index (χ4n) is 2.99. The lowest BCUT2D eigenvalue weighted by Gasteiger charge is -2.11. The van der Waals surface area contributed by atoms with Gasteiger partial charge in [0.25, 0.3) is 0 Å². The van der Waals surface area contributed by atoms with Crippen LogP contribution in [0.15, 0.2) is 21.3 Å². The number of fused-ring (bicyclic) bond motifs is 2. The predicted molar refractivity (Wildman–Crippen MR) is 79.1 cm³/mol. The van der Waals surface area contributed by atoms with Crippen LogP contribution >= 0.6 is 0 Å². The molecule has 110 valence electrons. The molecule has 0 radical (unpaired) electrons. The van der Waals surface area contributed by atoms with Crippen molar-refractivity contribution < 1.29 is 13.9 Å². The van der Waals surface area contributed by atoms with E-state index in [1.54, 1.807) is 0 Å². The molecule has 2 aliphatic rings. The Hall–Kier alpha value is -1.81. The molecule has 1 atom stereocenters. The summed E-state index contributed by atoms with van der Waals surface area (Å²) >= 11 is 0. The van der Waals surface area contributed by atoms with Gasteiger partial charge in [-0.15, -0.1) is 0 Å². The van der Waals surface area contributed by atoms with Gasteiger partial charge in [0.1, 0.15) is 29.8 Å². The Labute approximate surface area is 122 Å². The maximum Gasteiger partial charge on any atom is 0.196 e. The van der Waals surface area contributed by atoms with Crippen LogP contribution in [0.25, 0.3) is 11.0 Å². The van der Waals surface area contributed by atoms with Crippen LogP contribution in [0.2, 0.25) is 0 Å². The van der Waals surface area contributed by atoms with Crippen LogP contribution in [0.3, 0.4) is 0 Å². The second-order valence-corrected chi connectivity index (χ2v) is 5.76. The summed E-state index contributed by atoms with van der Waals surface area (Å²) in [7, 11) is 0. The molecule has 0 N–H and O–H groups in total. The van der Waals surface area contributed by atoms with E-state index in [2.05, 4.69) is 6.92 Å². The topological polar surface area (TPSA) is 52.0 Å². The van der Waals surface area contributed by atoms with Crippen molar-refractivity contribution in [2.45, 2.75) is 38.7 Å². The first-order valence-electron chi connectivity index (χ1n) is 7.62. The Kier molecular flexibility index (Phi) is 3.00. The van der Waals surface area contributed by atoms with Crippen molar-refractivity contribution in [3.8, 4) is 5.75 Å². The number of hydrogen-bond donors (Lipinski definition) is 0. The summed E-state index contributed by atoms with van der Waals surface area (Å²) in [5, 5.41) is 0.683. The van der Waals surface area contributed by atoms with Gasteiger partial charge in [0, 0.05) is 18.1 Å². The smallest absolute Gasteiger partial charge is 0.196 e. The average molecular weight is 286 g/mol. The van der Waals surface area contributed by atoms with Gasteiger partial charge in [-0.1, -0.05) is 6.92 Å². The SMILES string of the molecule is CCc1cc2c(=O)c3c(oc2cc1OCC1CO1)CCC3. The van der Waals surface area contributed by atoms with Gasteiger partial charge in [-0.25, -0.2) is 0 Å². The Bertz CT molecular complexity index is 755. The van der Waals surface area contributed by atoms with Gasteiger partial charge in [0.2, 0.25) is 0 Å². The van der Waals surface area contributed by atoms with E-state index < -0.39 is 0 Å². The van der Waals surface area contributed by atoms with Crippen LogP contribution in [-0.4, -0.2) is 19.3 Å². The maximum atomic E-state index is 12.6. The van der Waals surface area contributed by atoms with Gasteiger partial charge in [-0.2, -0.15) is 0 Å². The quantitative estimate of drug-likeness (QED) is 0.811. The molecule has 2 aromatic rings.